The lowest BCUT2D eigenvalue weighted by molar-refractivity contribution is -0.139. The van der Waals surface area contributed by atoms with Crippen molar-refractivity contribution in [2.45, 2.75) is 19.4 Å². The van der Waals surface area contributed by atoms with E-state index in [0.29, 0.717) is 0 Å². The molecule has 0 saturated heterocycles. The van der Waals surface area contributed by atoms with Gasteiger partial charge in [0.25, 0.3) is 0 Å². The van der Waals surface area contributed by atoms with Gasteiger partial charge < -0.3 is 10.4 Å². The van der Waals surface area contributed by atoms with Gasteiger partial charge in [0.1, 0.15) is 6.04 Å². The summed E-state index contributed by atoms with van der Waals surface area (Å²) in [5.74, 6) is -0.796. The fraction of sp³-hybridized carbons (Fsp3) is 0.364. The standard InChI is InChI=1S/C11H13NO2/c1-7-2-3-9-8(6-7)4-5-12-10(9)11(13)14/h2-3,6,10,12H,4-5H2,1H3,(H,13,14)/t10-/m1/s1. The van der Waals surface area contributed by atoms with E-state index in [1.165, 1.54) is 5.56 Å². The van der Waals surface area contributed by atoms with E-state index >= 15 is 0 Å². The van der Waals surface area contributed by atoms with Gasteiger partial charge in [-0.3, -0.25) is 4.79 Å². The molecular formula is C11H13NO2. The number of nitrogens with one attached hydrogen (secondary N) is 1. The van der Waals surface area contributed by atoms with Crippen molar-refractivity contribution >= 4 is 5.97 Å². The zero-order valence-electron chi connectivity index (χ0n) is 8.08. The molecule has 0 spiro atoms. The number of hydrogen-bond acceptors (Lipinski definition) is 2. The molecule has 1 atom stereocenters. The fourth-order valence-corrected chi connectivity index (χ4v) is 1.91. The first-order chi connectivity index (χ1) is 6.68. The zero-order valence-corrected chi connectivity index (χ0v) is 8.08. The molecule has 0 bridgehead atoms. The molecule has 3 nitrogen and oxygen atoms in total. The van der Waals surface area contributed by atoms with E-state index in [2.05, 4.69) is 11.4 Å². The highest BCUT2D eigenvalue weighted by atomic mass is 16.4. The Balaban J connectivity index is 2.44. The van der Waals surface area contributed by atoms with Gasteiger partial charge in [0, 0.05) is 6.54 Å². The molecule has 0 aromatic heterocycles. The summed E-state index contributed by atoms with van der Waals surface area (Å²) in [6.07, 6.45) is 0.917. The van der Waals surface area contributed by atoms with Crippen LogP contribution in [0.5, 0.6) is 0 Å². The molecule has 0 saturated carbocycles. The Kier molecular flexibility index (Phi) is 2.25. The average molecular weight is 191 g/mol. The SMILES string of the molecule is Cc1ccc2c(c1)CCN[C@H]2C(=O)O. The van der Waals surface area contributed by atoms with E-state index < -0.39 is 12.0 Å². The van der Waals surface area contributed by atoms with Crippen molar-refractivity contribution in [3.8, 4) is 0 Å². The number of carboxylic acid groups (broad SMARTS) is 1. The predicted molar refractivity (Wildman–Crippen MR) is 53.3 cm³/mol. The number of carbonyl (C=O) groups is 1. The van der Waals surface area contributed by atoms with Crippen LogP contribution in [-0.2, 0) is 11.2 Å². The molecule has 14 heavy (non-hydrogen) atoms. The Bertz CT molecular complexity index is 374. The second-order valence-corrected chi connectivity index (χ2v) is 3.68. The van der Waals surface area contributed by atoms with Gasteiger partial charge in [0.2, 0.25) is 0 Å². The minimum atomic E-state index is -0.796. The van der Waals surface area contributed by atoms with Crippen LogP contribution in [0.4, 0.5) is 0 Å². The summed E-state index contributed by atoms with van der Waals surface area (Å²) in [4.78, 5) is 10.9. The molecule has 1 aromatic rings. The second-order valence-electron chi connectivity index (χ2n) is 3.68. The molecule has 0 amide bonds. The normalized spacial score (nSPS) is 20.2. The highest BCUT2D eigenvalue weighted by molar-refractivity contribution is 5.76. The Labute approximate surface area is 82.8 Å². The third-order valence-electron chi connectivity index (χ3n) is 2.60. The minimum absolute atomic E-state index is 0.528. The maximum Gasteiger partial charge on any atom is 0.325 e. The van der Waals surface area contributed by atoms with E-state index in [0.717, 1.165) is 24.1 Å². The zero-order chi connectivity index (χ0) is 10.1. The molecule has 3 heteroatoms. The fourth-order valence-electron chi connectivity index (χ4n) is 1.91. The van der Waals surface area contributed by atoms with Gasteiger partial charge in [-0.25, -0.2) is 0 Å². The highest BCUT2D eigenvalue weighted by Gasteiger charge is 2.25. The third-order valence-corrected chi connectivity index (χ3v) is 2.60. The second kappa shape index (κ2) is 3.42. The summed E-state index contributed by atoms with van der Waals surface area (Å²) in [6.45, 7) is 2.77. The maximum atomic E-state index is 10.9. The quantitative estimate of drug-likeness (QED) is 0.702. The lowest BCUT2D eigenvalue weighted by Crippen LogP contribution is -2.34. The van der Waals surface area contributed by atoms with E-state index in [1.54, 1.807) is 0 Å². The molecule has 1 aromatic carbocycles. The molecule has 1 aliphatic heterocycles. The van der Waals surface area contributed by atoms with Crippen LogP contribution in [0.3, 0.4) is 0 Å². The number of aliphatic carboxylic acids is 1. The lowest BCUT2D eigenvalue weighted by Gasteiger charge is -2.23. The first-order valence-corrected chi connectivity index (χ1v) is 4.74. The summed E-state index contributed by atoms with van der Waals surface area (Å²) < 4.78 is 0. The predicted octanol–water partition coefficient (Wildman–Crippen LogP) is 1.27. The number of rotatable bonds is 1. The number of carboxylic acids is 1. The van der Waals surface area contributed by atoms with Crippen molar-refractivity contribution in [1.82, 2.24) is 5.32 Å². The summed E-state index contributed by atoms with van der Waals surface area (Å²) >= 11 is 0. The summed E-state index contributed by atoms with van der Waals surface area (Å²) in [6, 6.07) is 5.42. The van der Waals surface area contributed by atoms with Gasteiger partial charge in [-0.1, -0.05) is 23.8 Å². The molecule has 2 rings (SSSR count). The van der Waals surface area contributed by atoms with Crippen LogP contribution in [0, 0.1) is 6.92 Å². The largest absolute Gasteiger partial charge is 0.480 e. The number of benzene rings is 1. The van der Waals surface area contributed by atoms with Crippen LogP contribution in [0.25, 0.3) is 0 Å². The topological polar surface area (TPSA) is 49.3 Å². The smallest absolute Gasteiger partial charge is 0.325 e. The van der Waals surface area contributed by atoms with Crippen molar-refractivity contribution in [3.05, 3.63) is 34.9 Å². The Morgan fingerprint density at radius 2 is 2.36 bits per heavy atom. The van der Waals surface area contributed by atoms with E-state index in [-0.39, 0.29) is 0 Å². The van der Waals surface area contributed by atoms with Crippen LogP contribution >= 0.6 is 0 Å². The average Bonchev–Trinajstić information content (AvgIpc) is 2.16. The third kappa shape index (κ3) is 1.51. The van der Waals surface area contributed by atoms with Gasteiger partial charge in [-0.2, -0.15) is 0 Å². The van der Waals surface area contributed by atoms with Crippen LogP contribution in [-0.4, -0.2) is 17.6 Å². The van der Waals surface area contributed by atoms with Crippen LogP contribution in [0.2, 0.25) is 0 Å². The molecule has 0 aliphatic carbocycles. The van der Waals surface area contributed by atoms with Crippen molar-refractivity contribution in [2.24, 2.45) is 0 Å². The van der Waals surface area contributed by atoms with Crippen LogP contribution < -0.4 is 5.32 Å². The van der Waals surface area contributed by atoms with E-state index in [9.17, 15) is 4.79 Å². The Morgan fingerprint density at radius 3 is 3.07 bits per heavy atom. The van der Waals surface area contributed by atoms with Crippen molar-refractivity contribution in [1.29, 1.82) is 0 Å². The number of aryl methyl sites for hydroxylation is 1. The maximum absolute atomic E-state index is 10.9. The Morgan fingerprint density at radius 1 is 1.57 bits per heavy atom. The first kappa shape index (κ1) is 9.21. The molecule has 2 N–H and O–H groups in total. The number of fused-ring (bicyclic) bond motifs is 1. The molecule has 1 aliphatic rings. The van der Waals surface area contributed by atoms with Crippen molar-refractivity contribution in [3.63, 3.8) is 0 Å². The van der Waals surface area contributed by atoms with E-state index in [4.69, 9.17) is 5.11 Å². The molecule has 0 unspecified atom stereocenters. The van der Waals surface area contributed by atoms with Crippen LogP contribution in [0.1, 0.15) is 22.7 Å². The van der Waals surface area contributed by atoms with Gasteiger partial charge in [-0.05, 0) is 24.5 Å². The van der Waals surface area contributed by atoms with E-state index in [1.807, 2.05) is 19.1 Å². The van der Waals surface area contributed by atoms with Crippen LogP contribution in [0.15, 0.2) is 18.2 Å². The van der Waals surface area contributed by atoms with Gasteiger partial charge in [0.05, 0.1) is 0 Å². The molecule has 74 valence electrons. The first-order valence-electron chi connectivity index (χ1n) is 4.74. The summed E-state index contributed by atoms with van der Waals surface area (Å²) in [5, 5.41) is 12.0. The molecule has 1 heterocycles. The number of hydrogen-bond donors (Lipinski definition) is 2. The lowest BCUT2D eigenvalue weighted by atomic mass is 9.93. The Hall–Kier alpha value is -1.35. The molecule has 0 radical (unpaired) electrons. The highest BCUT2D eigenvalue weighted by Crippen LogP contribution is 2.23. The monoisotopic (exact) mass is 191 g/mol. The minimum Gasteiger partial charge on any atom is -0.480 e. The summed E-state index contributed by atoms with van der Waals surface area (Å²) in [5.41, 5.74) is 3.26. The molecule has 0 fully saturated rings. The van der Waals surface area contributed by atoms with Crippen molar-refractivity contribution in [2.75, 3.05) is 6.54 Å². The van der Waals surface area contributed by atoms with Gasteiger partial charge in [0.15, 0.2) is 0 Å². The molecular weight excluding hydrogens is 178 g/mol. The summed E-state index contributed by atoms with van der Waals surface area (Å²) in [7, 11) is 0. The van der Waals surface area contributed by atoms with Crippen molar-refractivity contribution < 1.29 is 9.90 Å². The van der Waals surface area contributed by atoms with Gasteiger partial charge >= 0.3 is 5.97 Å². The van der Waals surface area contributed by atoms with Gasteiger partial charge in [-0.15, -0.1) is 0 Å².